The molecule has 114 valence electrons. The summed E-state index contributed by atoms with van der Waals surface area (Å²) in [6, 6.07) is 0.0248. The van der Waals surface area contributed by atoms with Crippen LogP contribution in [-0.2, 0) is 9.47 Å². The van der Waals surface area contributed by atoms with Crippen molar-refractivity contribution in [2.24, 2.45) is 11.1 Å². The molecule has 19 heavy (non-hydrogen) atoms. The van der Waals surface area contributed by atoms with E-state index >= 15 is 0 Å². The first-order valence-corrected chi connectivity index (χ1v) is 6.14. The zero-order valence-corrected chi connectivity index (χ0v) is 11.6. The SMILES string of the molecule is CCCC(C)(COC(N)=O)COC(=O)NC(C)C.[SiH4]. The van der Waals surface area contributed by atoms with Crippen molar-refractivity contribution in [3.05, 3.63) is 0 Å². The molecule has 1 atom stereocenters. The maximum absolute atomic E-state index is 11.4. The Kier molecular flexibility index (Phi) is 10.2. The summed E-state index contributed by atoms with van der Waals surface area (Å²) >= 11 is 0. The maximum Gasteiger partial charge on any atom is 0.407 e. The summed E-state index contributed by atoms with van der Waals surface area (Å²) in [4.78, 5) is 22.0. The molecule has 0 saturated heterocycles. The first-order chi connectivity index (χ1) is 8.29. The molecule has 0 aromatic carbocycles. The van der Waals surface area contributed by atoms with Crippen LogP contribution >= 0.6 is 0 Å². The van der Waals surface area contributed by atoms with Crippen LogP contribution < -0.4 is 11.1 Å². The molecule has 0 spiro atoms. The number of hydrogen-bond donors (Lipinski definition) is 2. The summed E-state index contributed by atoms with van der Waals surface area (Å²) in [5.41, 5.74) is 4.53. The number of alkyl carbamates (subject to hydrolysis) is 1. The highest BCUT2D eigenvalue weighted by molar-refractivity contribution is 5.75. The van der Waals surface area contributed by atoms with Gasteiger partial charge in [-0.2, -0.15) is 0 Å². The molecule has 0 fully saturated rings. The van der Waals surface area contributed by atoms with Crippen molar-refractivity contribution < 1.29 is 19.1 Å². The topological polar surface area (TPSA) is 90.7 Å². The highest BCUT2D eigenvalue weighted by Gasteiger charge is 2.27. The molecule has 3 N–H and O–H groups in total. The van der Waals surface area contributed by atoms with Gasteiger partial charge in [-0.1, -0.05) is 20.3 Å². The zero-order chi connectivity index (χ0) is 14.2. The van der Waals surface area contributed by atoms with Gasteiger partial charge in [0.1, 0.15) is 13.2 Å². The van der Waals surface area contributed by atoms with Gasteiger partial charge in [-0.3, -0.25) is 0 Å². The third-order valence-corrected chi connectivity index (χ3v) is 2.37. The van der Waals surface area contributed by atoms with Crippen LogP contribution in [0.2, 0.25) is 0 Å². The van der Waals surface area contributed by atoms with Crippen LogP contribution in [0.15, 0.2) is 0 Å². The predicted octanol–water partition coefficient (Wildman–Crippen LogP) is 0.571. The molecule has 0 saturated carbocycles. The minimum absolute atomic E-state index is 0. The van der Waals surface area contributed by atoms with Crippen LogP contribution in [0.4, 0.5) is 9.59 Å². The number of carbonyl (C=O) groups excluding carboxylic acids is 2. The van der Waals surface area contributed by atoms with E-state index in [1.807, 2.05) is 27.7 Å². The summed E-state index contributed by atoms with van der Waals surface area (Å²) in [5, 5.41) is 2.63. The fourth-order valence-electron chi connectivity index (χ4n) is 1.55. The Morgan fingerprint density at radius 1 is 1.26 bits per heavy atom. The number of ether oxygens (including phenoxy) is 2. The molecule has 0 bridgehead atoms. The molecule has 7 heteroatoms. The summed E-state index contributed by atoms with van der Waals surface area (Å²) in [5.74, 6) is 0. The Balaban J connectivity index is 0. The lowest BCUT2D eigenvalue weighted by atomic mass is 9.87. The number of carbonyl (C=O) groups is 2. The van der Waals surface area contributed by atoms with E-state index in [-0.39, 0.29) is 30.2 Å². The van der Waals surface area contributed by atoms with Gasteiger partial charge < -0.3 is 20.5 Å². The van der Waals surface area contributed by atoms with Crippen molar-refractivity contribution in [1.29, 1.82) is 0 Å². The standard InChI is InChI=1S/C12H24N2O4.H4Si/c1-5-6-12(4,7-17-10(13)15)8-18-11(16)14-9(2)3;/h9H,5-8H2,1-4H3,(H2,13,15)(H,14,16);1H4. The Morgan fingerprint density at radius 2 is 1.79 bits per heavy atom. The number of hydrogen-bond acceptors (Lipinski definition) is 4. The van der Waals surface area contributed by atoms with Gasteiger partial charge in [0.25, 0.3) is 0 Å². The lowest BCUT2D eigenvalue weighted by molar-refractivity contribution is 0.0333. The Labute approximate surface area is 119 Å². The highest BCUT2D eigenvalue weighted by atomic mass is 28.1. The van der Waals surface area contributed by atoms with Crippen LogP contribution in [0.3, 0.4) is 0 Å². The predicted molar refractivity (Wildman–Crippen MR) is 79.5 cm³/mol. The molecule has 0 heterocycles. The average molecular weight is 292 g/mol. The van der Waals surface area contributed by atoms with Crippen molar-refractivity contribution in [3.63, 3.8) is 0 Å². The van der Waals surface area contributed by atoms with Crippen molar-refractivity contribution in [2.45, 2.75) is 46.6 Å². The van der Waals surface area contributed by atoms with E-state index in [2.05, 4.69) is 5.32 Å². The van der Waals surface area contributed by atoms with Gasteiger partial charge in [-0.15, -0.1) is 0 Å². The van der Waals surface area contributed by atoms with Gasteiger partial charge in [0.05, 0.1) is 0 Å². The number of nitrogens with two attached hydrogens (primary N) is 1. The molecule has 0 aromatic heterocycles. The Morgan fingerprint density at radius 3 is 2.21 bits per heavy atom. The second-order valence-corrected chi connectivity index (χ2v) is 5.04. The summed E-state index contributed by atoms with van der Waals surface area (Å²) < 4.78 is 9.92. The van der Waals surface area contributed by atoms with E-state index in [0.717, 1.165) is 12.8 Å². The molecule has 0 aliphatic carbocycles. The molecule has 6 nitrogen and oxygen atoms in total. The molecule has 0 aromatic rings. The fraction of sp³-hybridized carbons (Fsp3) is 0.833. The number of rotatable bonds is 7. The first kappa shape index (κ1) is 20.1. The lowest BCUT2D eigenvalue weighted by Gasteiger charge is -2.27. The molecule has 0 radical (unpaired) electrons. The van der Waals surface area contributed by atoms with Gasteiger partial charge in [0.2, 0.25) is 0 Å². The third kappa shape index (κ3) is 10.4. The van der Waals surface area contributed by atoms with Gasteiger partial charge >= 0.3 is 12.2 Å². The van der Waals surface area contributed by atoms with Crippen molar-refractivity contribution in [2.75, 3.05) is 13.2 Å². The summed E-state index contributed by atoms with van der Waals surface area (Å²) in [7, 11) is 0. The molecule has 1 unspecified atom stereocenters. The van der Waals surface area contributed by atoms with Crippen LogP contribution in [0.1, 0.15) is 40.5 Å². The quantitative estimate of drug-likeness (QED) is 0.671. The minimum Gasteiger partial charge on any atom is -0.449 e. The summed E-state index contributed by atoms with van der Waals surface area (Å²) in [6.07, 6.45) is 0.388. The largest absolute Gasteiger partial charge is 0.449 e. The van der Waals surface area contributed by atoms with Gasteiger partial charge in [0.15, 0.2) is 0 Å². The van der Waals surface area contributed by atoms with Crippen molar-refractivity contribution >= 4 is 23.2 Å². The van der Waals surface area contributed by atoms with Crippen LogP contribution in [-0.4, -0.2) is 42.4 Å². The number of amides is 2. The van der Waals surface area contributed by atoms with Crippen LogP contribution in [0.5, 0.6) is 0 Å². The number of primary amides is 1. The van der Waals surface area contributed by atoms with Crippen molar-refractivity contribution in [3.8, 4) is 0 Å². The average Bonchev–Trinajstić information content (AvgIpc) is 2.24. The van der Waals surface area contributed by atoms with Crippen molar-refractivity contribution in [1.82, 2.24) is 5.32 Å². The van der Waals surface area contributed by atoms with E-state index < -0.39 is 17.6 Å². The fourth-order valence-corrected chi connectivity index (χ4v) is 1.55. The second-order valence-electron chi connectivity index (χ2n) is 5.04. The molecular formula is C12H28N2O4Si. The Bertz CT molecular complexity index is 287. The molecule has 2 amide bonds. The van der Waals surface area contributed by atoms with E-state index in [4.69, 9.17) is 15.2 Å². The highest BCUT2D eigenvalue weighted by Crippen LogP contribution is 2.24. The van der Waals surface area contributed by atoms with Gasteiger partial charge in [0, 0.05) is 11.5 Å². The summed E-state index contributed by atoms with van der Waals surface area (Å²) in [6.45, 7) is 7.93. The van der Waals surface area contributed by atoms with E-state index in [0.29, 0.717) is 0 Å². The monoisotopic (exact) mass is 292 g/mol. The molecule has 0 aliphatic heterocycles. The van der Waals surface area contributed by atoms with Gasteiger partial charge in [-0.25, -0.2) is 9.59 Å². The smallest absolute Gasteiger partial charge is 0.407 e. The molecule has 0 aliphatic rings. The maximum atomic E-state index is 11.4. The van der Waals surface area contributed by atoms with Crippen LogP contribution in [0, 0.1) is 5.41 Å². The lowest BCUT2D eigenvalue weighted by Crippen LogP contribution is -2.37. The Hall–Kier alpha value is -1.24. The second kappa shape index (κ2) is 9.66. The van der Waals surface area contributed by atoms with Crippen LogP contribution in [0.25, 0.3) is 0 Å². The third-order valence-electron chi connectivity index (χ3n) is 2.37. The first-order valence-electron chi connectivity index (χ1n) is 6.14. The molecule has 0 rings (SSSR count). The normalized spacial score (nSPS) is 13.1. The van der Waals surface area contributed by atoms with Gasteiger partial charge in [-0.05, 0) is 31.2 Å². The van der Waals surface area contributed by atoms with E-state index in [9.17, 15) is 9.59 Å². The van der Waals surface area contributed by atoms with E-state index in [1.54, 1.807) is 0 Å². The zero-order valence-electron chi connectivity index (χ0n) is 11.6. The number of nitrogens with one attached hydrogen (secondary N) is 1. The minimum atomic E-state index is -0.816. The van der Waals surface area contributed by atoms with E-state index in [1.165, 1.54) is 0 Å². The molecular weight excluding hydrogens is 264 g/mol.